The molecule has 6 N–H and O–H groups in total. The van der Waals surface area contributed by atoms with Crippen LogP contribution in [0.1, 0.15) is 39.5 Å². The van der Waals surface area contributed by atoms with Crippen LogP contribution in [-0.2, 0) is 36.5 Å². The molecule has 4 aromatic carbocycles. The zero-order chi connectivity index (χ0) is 28.9. The number of hydrogen-bond donors (Lipinski definition) is 4. The first-order chi connectivity index (χ1) is 19.1. The fourth-order valence-corrected chi connectivity index (χ4v) is 6.15. The first kappa shape index (κ1) is 28.5. The molecule has 0 saturated carbocycles. The fraction of sp³-hybridized carbons (Fsp3) is 0.167. The summed E-state index contributed by atoms with van der Waals surface area (Å²) in [6.45, 7) is 1.72. The van der Waals surface area contributed by atoms with Crippen molar-refractivity contribution in [1.29, 1.82) is 5.41 Å². The molecule has 0 saturated heterocycles. The van der Waals surface area contributed by atoms with Crippen molar-refractivity contribution in [1.82, 2.24) is 5.32 Å². The molecule has 0 radical (unpaired) electrons. The number of amides is 1. The van der Waals surface area contributed by atoms with Gasteiger partial charge in [-0.25, -0.2) is 13.2 Å². The summed E-state index contributed by atoms with van der Waals surface area (Å²) in [7, 11) is -4.35. The highest BCUT2D eigenvalue weighted by atomic mass is 32.2. The van der Waals surface area contributed by atoms with E-state index in [0.29, 0.717) is 21.9 Å². The average molecular weight is 559 g/mol. The van der Waals surface area contributed by atoms with E-state index in [1.807, 2.05) is 0 Å². The Morgan fingerprint density at radius 2 is 1.52 bits per heavy atom. The topological polar surface area (TPSA) is 165 Å². The van der Waals surface area contributed by atoms with Crippen molar-refractivity contribution in [3.63, 3.8) is 0 Å². The molecule has 4 rings (SSSR count). The molecule has 0 aliphatic heterocycles. The van der Waals surface area contributed by atoms with E-state index in [-0.39, 0.29) is 30.1 Å². The number of hydrogen-bond acceptors (Lipinski definition) is 7. The van der Waals surface area contributed by atoms with E-state index in [2.05, 4.69) is 5.32 Å². The van der Waals surface area contributed by atoms with Crippen LogP contribution in [0.5, 0.6) is 0 Å². The maximum Gasteiger partial charge on any atom is 0.346 e. The van der Waals surface area contributed by atoms with E-state index in [1.54, 1.807) is 91.9 Å². The summed E-state index contributed by atoms with van der Waals surface area (Å²) >= 11 is 0. The molecule has 206 valence electrons. The molecule has 0 fully saturated rings. The lowest BCUT2D eigenvalue weighted by atomic mass is 9.95. The zero-order valence-corrected chi connectivity index (χ0v) is 22.7. The Labute approximate surface area is 232 Å². The summed E-state index contributed by atoms with van der Waals surface area (Å²) in [5, 5.41) is 11.1. The van der Waals surface area contributed by atoms with Crippen molar-refractivity contribution in [3.8, 4) is 0 Å². The molecular formula is C30H30N4O5S. The molecule has 0 aliphatic carbocycles. The highest BCUT2D eigenvalue weighted by molar-refractivity contribution is 7.92. The lowest BCUT2D eigenvalue weighted by Gasteiger charge is -2.29. The molecular weight excluding hydrogens is 528 g/mol. The summed E-state index contributed by atoms with van der Waals surface area (Å²) in [5.41, 5.74) is 14.2. The molecule has 0 bridgehead atoms. The van der Waals surface area contributed by atoms with Gasteiger partial charge in [0.05, 0.1) is 12.4 Å². The lowest BCUT2D eigenvalue weighted by Crippen LogP contribution is -2.53. The third-order valence-electron chi connectivity index (χ3n) is 6.55. The second kappa shape index (κ2) is 11.7. The van der Waals surface area contributed by atoms with Crippen LogP contribution in [-0.4, -0.2) is 32.7 Å². The molecule has 0 aliphatic rings. The SMILES string of the molecule is CCOC(=O)C(N)(c1cccc2c(C(=O)NCc3ccc(C(=N)N)cc3)cccc12)S(=O)(=O)Cc1ccccc1. The minimum Gasteiger partial charge on any atom is -0.464 e. The Hall–Kier alpha value is -4.54. The lowest BCUT2D eigenvalue weighted by molar-refractivity contribution is -0.146. The van der Waals surface area contributed by atoms with Gasteiger partial charge < -0.3 is 15.8 Å². The Morgan fingerprint density at radius 1 is 0.875 bits per heavy atom. The number of nitrogen functional groups attached to an aromatic ring is 1. The molecule has 4 aromatic rings. The number of carbonyl (C=O) groups is 2. The molecule has 10 heteroatoms. The first-order valence-electron chi connectivity index (χ1n) is 12.5. The van der Waals surface area contributed by atoms with Crippen LogP contribution in [0.15, 0.2) is 91.0 Å². The smallest absolute Gasteiger partial charge is 0.346 e. The summed E-state index contributed by atoms with van der Waals surface area (Å²) in [6, 6.07) is 24.9. The van der Waals surface area contributed by atoms with Gasteiger partial charge in [-0.3, -0.25) is 15.9 Å². The van der Waals surface area contributed by atoms with Crippen molar-refractivity contribution in [2.45, 2.75) is 24.1 Å². The number of fused-ring (bicyclic) bond motifs is 1. The largest absolute Gasteiger partial charge is 0.464 e. The summed E-state index contributed by atoms with van der Waals surface area (Å²) in [6.07, 6.45) is 0. The van der Waals surface area contributed by atoms with Crippen LogP contribution >= 0.6 is 0 Å². The minimum atomic E-state index is -4.35. The minimum absolute atomic E-state index is 0.0221. The van der Waals surface area contributed by atoms with Crippen LogP contribution in [0.4, 0.5) is 0 Å². The zero-order valence-electron chi connectivity index (χ0n) is 21.9. The van der Waals surface area contributed by atoms with Gasteiger partial charge >= 0.3 is 5.97 Å². The molecule has 1 unspecified atom stereocenters. The third kappa shape index (κ3) is 5.58. The normalized spacial score (nSPS) is 12.8. The molecule has 0 aromatic heterocycles. The number of rotatable bonds is 10. The number of nitrogens with one attached hydrogen (secondary N) is 2. The highest BCUT2D eigenvalue weighted by Crippen LogP contribution is 2.35. The van der Waals surface area contributed by atoms with Gasteiger partial charge in [-0.05, 0) is 34.9 Å². The van der Waals surface area contributed by atoms with E-state index in [0.717, 1.165) is 5.56 Å². The number of esters is 1. The van der Waals surface area contributed by atoms with E-state index in [4.69, 9.17) is 21.6 Å². The first-order valence-corrected chi connectivity index (χ1v) is 14.2. The second-order valence-corrected chi connectivity index (χ2v) is 11.4. The number of amidine groups is 1. The van der Waals surface area contributed by atoms with E-state index >= 15 is 0 Å². The van der Waals surface area contributed by atoms with Crippen LogP contribution in [0.3, 0.4) is 0 Å². The molecule has 0 spiro atoms. The molecule has 1 amide bonds. The standard InChI is InChI=1S/C30H30N4O5S/c1-2-39-29(36)30(33,40(37,38)19-21-8-4-3-5-9-21)26-13-7-10-23-24(26)11-6-12-25(23)28(35)34-18-20-14-16-22(17-15-20)27(31)32/h3-17H,2,18-19,33H2,1H3,(H3,31,32)(H,34,35). The number of ether oxygens (including phenoxy) is 1. The third-order valence-corrected chi connectivity index (χ3v) is 8.63. The van der Waals surface area contributed by atoms with Gasteiger partial charge in [-0.1, -0.05) is 84.9 Å². The van der Waals surface area contributed by atoms with Crippen molar-refractivity contribution in [2.75, 3.05) is 6.61 Å². The van der Waals surface area contributed by atoms with Gasteiger partial charge in [-0.15, -0.1) is 0 Å². The predicted molar refractivity (Wildman–Crippen MR) is 154 cm³/mol. The van der Waals surface area contributed by atoms with E-state index in [1.165, 1.54) is 6.07 Å². The summed E-state index contributed by atoms with van der Waals surface area (Å²) in [4.78, 5) is 24.0. The number of carbonyl (C=O) groups excluding carboxylic acids is 2. The average Bonchev–Trinajstić information content (AvgIpc) is 2.95. The number of benzene rings is 4. The quantitative estimate of drug-likeness (QED) is 0.132. The van der Waals surface area contributed by atoms with Gasteiger partial charge in [-0.2, -0.15) is 0 Å². The van der Waals surface area contributed by atoms with Crippen molar-refractivity contribution in [3.05, 3.63) is 119 Å². The molecule has 40 heavy (non-hydrogen) atoms. The Kier molecular flexibility index (Phi) is 8.32. The molecule has 1 atom stereocenters. The van der Waals surface area contributed by atoms with Crippen LogP contribution in [0.2, 0.25) is 0 Å². The predicted octanol–water partition coefficient (Wildman–Crippen LogP) is 3.34. The summed E-state index contributed by atoms with van der Waals surface area (Å²) < 4.78 is 32.8. The van der Waals surface area contributed by atoms with Crippen LogP contribution in [0, 0.1) is 5.41 Å². The second-order valence-electron chi connectivity index (χ2n) is 9.20. The maximum absolute atomic E-state index is 13.8. The van der Waals surface area contributed by atoms with Crippen LogP contribution in [0.25, 0.3) is 10.8 Å². The van der Waals surface area contributed by atoms with E-state index in [9.17, 15) is 18.0 Å². The van der Waals surface area contributed by atoms with Crippen molar-refractivity contribution in [2.24, 2.45) is 11.5 Å². The Morgan fingerprint density at radius 3 is 2.17 bits per heavy atom. The van der Waals surface area contributed by atoms with Crippen LogP contribution < -0.4 is 16.8 Å². The molecule has 9 nitrogen and oxygen atoms in total. The highest BCUT2D eigenvalue weighted by Gasteiger charge is 2.51. The van der Waals surface area contributed by atoms with Gasteiger partial charge in [0.2, 0.25) is 4.87 Å². The summed E-state index contributed by atoms with van der Waals surface area (Å²) in [5.74, 6) is -2.03. The Bertz CT molecular complexity index is 1670. The monoisotopic (exact) mass is 558 g/mol. The molecule has 0 heterocycles. The van der Waals surface area contributed by atoms with E-state index < -0.39 is 32.3 Å². The van der Waals surface area contributed by atoms with Crippen molar-refractivity contribution >= 4 is 38.3 Å². The van der Waals surface area contributed by atoms with Gasteiger partial charge in [0.15, 0.2) is 9.84 Å². The number of nitrogens with two attached hydrogens (primary N) is 2. The van der Waals surface area contributed by atoms with Gasteiger partial charge in [0, 0.05) is 23.2 Å². The van der Waals surface area contributed by atoms with Gasteiger partial charge in [0.25, 0.3) is 5.91 Å². The fourth-order valence-electron chi connectivity index (χ4n) is 4.46. The van der Waals surface area contributed by atoms with Gasteiger partial charge in [0.1, 0.15) is 5.84 Å². The number of sulfone groups is 1. The van der Waals surface area contributed by atoms with Crippen molar-refractivity contribution < 1.29 is 22.7 Å². The maximum atomic E-state index is 13.8. The Balaban J connectivity index is 1.74.